The predicted octanol–water partition coefficient (Wildman–Crippen LogP) is 5.22. The van der Waals surface area contributed by atoms with Crippen molar-refractivity contribution in [2.75, 3.05) is 6.54 Å². The Morgan fingerprint density at radius 1 is 0.976 bits per heavy atom. The van der Waals surface area contributed by atoms with E-state index in [4.69, 9.17) is 0 Å². The Balaban J connectivity index is 1.18. The monoisotopic (exact) mass is 578 g/mol. The molecule has 0 radical (unpaired) electrons. The van der Waals surface area contributed by atoms with Crippen LogP contribution in [-0.4, -0.2) is 29.1 Å². The van der Waals surface area contributed by atoms with E-state index in [2.05, 4.69) is 39.6 Å². The zero-order valence-electron chi connectivity index (χ0n) is 22.1. The van der Waals surface area contributed by atoms with E-state index in [9.17, 15) is 19.6 Å². The molecule has 2 aromatic carbocycles. The first kappa shape index (κ1) is 28.0. The van der Waals surface area contributed by atoms with Crippen LogP contribution >= 0.6 is 22.7 Å². The van der Waals surface area contributed by atoms with Crippen molar-refractivity contribution in [3.05, 3.63) is 98.8 Å². The van der Waals surface area contributed by atoms with Gasteiger partial charge in [-0.25, -0.2) is 4.98 Å². The van der Waals surface area contributed by atoms with Crippen molar-refractivity contribution in [2.24, 2.45) is 0 Å². The highest BCUT2D eigenvalue weighted by atomic mass is 32.1. The Labute approximate surface area is 246 Å². The number of nitrogens with one attached hydrogen (secondary N) is 2. The Hall–Kier alpha value is -4.57. The van der Waals surface area contributed by atoms with E-state index in [-0.39, 0.29) is 24.3 Å². The molecule has 0 spiro atoms. The molecule has 2 aromatic heterocycles. The van der Waals surface area contributed by atoms with Crippen molar-refractivity contribution in [3.63, 3.8) is 0 Å². The van der Waals surface area contributed by atoms with Crippen molar-refractivity contribution in [1.82, 2.24) is 15.6 Å². The van der Waals surface area contributed by atoms with Crippen molar-refractivity contribution < 1.29 is 14.4 Å². The summed E-state index contributed by atoms with van der Waals surface area (Å²) >= 11 is 3.03. The van der Waals surface area contributed by atoms with Gasteiger partial charge in [-0.15, -0.1) is 22.7 Å². The van der Waals surface area contributed by atoms with Crippen LogP contribution in [0.2, 0.25) is 0 Å². The van der Waals surface area contributed by atoms with Crippen LogP contribution < -0.4 is 10.6 Å². The normalized spacial score (nSPS) is 12.9. The van der Waals surface area contributed by atoms with Crippen LogP contribution in [0.4, 0.5) is 0 Å². The van der Waals surface area contributed by atoms with E-state index < -0.39 is 11.8 Å². The summed E-state index contributed by atoms with van der Waals surface area (Å²) in [5.74, 6) is 3.96. The van der Waals surface area contributed by atoms with E-state index in [1.54, 1.807) is 47.2 Å². The number of aromatic nitrogens is 1. The molecule has 5 rings (SSSR count). The molecule has 1 aliphatic rings. The molecule has 2 N–H and O–H groups in total. The summed E-state index contributed by atoms with van der Waals surface area (Å²) in [6, 6.07) is 19.5. The fraction of sp³-hybridized carbons (Fsp3) is 0.219. The lowest BCUT2D eigenvalue weighted by Gasteiger charge is -2.17. The zero-order valence-corrected chi connectivity index (χ0v) is 23.7. The molecule has 0 unspecified atom stereocenters. The van der Waals surface area contributed by atoms with Gasteiger partial charge in [-0.3, -0.25) is 14.4 Å². The SMILES string of the molecule is N#Cc1cc(-c2cccs2)cc(C2(CCC(=O)c3ccccc3CNC(=O)C(=O)NCC#Cc3nccs3)CC2)c1. The molecule has 1 aliphatic carbocycles. The molecule has 1 saturated carbocycles. The summed E-state index contributed by atoms with van der Waals surface area (Å²) in [6.07, 6.45) is 4.61. The number of thiazole rings is 1. The highest BCUT2D eigenvalue weighted by molar-refractivity contribution is 7.13. The van der Waals surface area contributed by atoms with Crippen molar-refractivity contribution in [2.45, 2.75) is 37.6 Å². The van der Waals surface area contributed by atoms with E-state index in [0.717, 1.165) is 28.8 Å². The summed E-state index contributed by atoms with van der Waals surface area (Å²) in [7, 11) is 0. The van der Waals surface area contributed by atoms with Gasteiger partial charge in [0, 0.05) is 35.0 Å². The first-order valence-electron chi connectivity index (χ1n) is 13.1. The average Bonchev–Trinajstić information content (AvgIpc) is 3.35. The lowest BCUT2D eigenvalue weighted by atomic mass is 9.86. The molecular weight excluding hydrogens is 553 g/mol. The van der Waals surface area contributed by atoms with Crippen molar-refractivity contribution in [3.8, 4) is 28.4 Å². The number of Topliss-reactive ketones (excluding diaryl/α,β-unsaturated/α-hetero) is 1. The number of amides is 2. The quantitative estimate of drug-likeness (QED) is 0.161. The number of carbonyl (C=O) groups is 3. The molecular formula is C32H26N4O3S2. The second-order valence-corrected chi connectivity index (χ2v) is 11.6. The average molecular weight is 579 g/mol. The third-order valence-electron chi connectivity index (χ3n) is 7.09. The molecule has 9 heteroatoms. The highest BCUT2D eigenvalue weighted by Gasteiger charge is 2.44. The molecule has 2 amide bonds. The van der Waals surface area contributed by atoms with Crippen molar-refractivity contribution >= 4 is 40.3 Å². The first-order valence-corrected chi connectivity index (χ1v) is 14.9. The number of nitriles is 1. The number of ketones is 1. The summed E-state index contributed by atoms with van der Waals surface area (Å²) in [4.78, 5) is 43.0. The lowest BCUT2D eigenvalue weighted by molar-refractivity contribution is -0.139. The number of benzene rings is 2. The molecule has 204 valence electrons. The molecule has 4 aromatic rings. The number of carbonyl (C=O) groups excluding carboxylic acids is 3. The Bertz CT molecular complexity index is 1670. The maximum absolute atomic E-state index is 13.3. The molecule has 2 heterocycles. The standard InChI is InChI=1S/C32H26N4O3S2/c33-20-22-17-24(28-7-4-15-40-28)19-25(18-22)32(11-12-32)10-9-27(37)26-6-2-1-5-23(26)21-36-31(39)30(38)35-13-3-8-29-34-14-16-41-29/h1-2,4-7,14-19H,9-13,21H2,(H,35,38)(H,36,39). The van der Waals surface area contributed by atoms with Gasteiger partial charge in [0.1, 0.15) is 0 Å². The molecule has 0 aliphatic heterocycles. The fourth-order valence-electron chi connectivity index (χ4n) is 4.72. The maximum Gasteiger partial charge on any atom is 0.310 e. The molecule has 0 atom stereocenters. The van der Waals surface area contributed by atoms with Gasteiger partial charge in [0.15, 0.2) is 10.8 Å². The van der Waals surface area contributed by atoms with E-state index in [1.807, 2.05) is 29.6 Å². The Morgan fingerprint density at radius 3 is 2.54 bits per heavy atom. The van der Waals surface area contributed by atoms with Gasteiger partial charge in [0.25, 0.3) is 0 Å². The summed E-state index contributed by atoms with van der Waals surface area (Å²) in [6.45, 7) is 0.0766. The summed E-state index contributed by atoms with van der Waals surface area (Å²) in [5.41, 5.74) is 3.83. The van der Waals surface area contributed by atoms with Gasteiger partial charge in [-0.05, 0) is 76.9 Å². The van der Waals surface area contributed by atoms with Gasteiger partial charge < -0.3 is 10.6 Å². The Morgan fingerprint density at radius 2 is 1.80 bits per heavy atom. The molecule has 7 nitrogen and oxygen atoms in total. The van der Waals surface area contributed by atoms with Gasteiger partial charge >= 0.3 is 11.8 Å². The second kappa shape index (κ2) is 12.7. The van der Waals surface area contributed by atoms with Crippen LogP contribution in [0.1, 0.15) is 57.7 Å². The van der Waals surface area contributed by atoms with Crippen LogP contribution in [0.3, 0.4) is 0 Å². The smallest absolute Gasteiger partial charge is 0.310 e. The van der Waals surface area contributed by atoms with E-state index in [0.29, 0.717) is 34.5 Å². The van der Waals surface area contributed by atoms with E-state index in [1.165, 1.54) is 11.3 Å². The van der Waals surface area contributed by atoms with Crippen LogP contribution in [0.25, 0.3) is 10.4 Å². The molecule has 41 heavy (non-hydrogen) atoms. The fourth-order valence-corrected chi connectivity index (χ4v) is 5.94. The van der Waals surface area contributed by atoms with Gasteiger partial charge in [-0.1, -0.05) is 36.3 Å². The van der Waals surface area contributed by atoms with E-state index >= 15 is 0 Å². The van der Waals surface area contributed by atoms with Crippen LogP contribution in [0.15, 0.2) is 71.6 Å². The van der Waals surface area contributed by atoms with Gasteiger partial charge in [-0.2, -0.15) is 5.26 Å². The first-order chi connectivity index (χ1) is 20.0. The minimum atomic E-state index is -0.792. The number of hydrogen-bond donors (Lipinski definition) is 2. The predicted molar refractivity (Wildman–Crippen MR) is 159 cm³/mol. The van der Waals surface area contributed by atoms with Crippen LogP contribution in [-0.2, 0) is 21.5 Å². The number of rotatable bonds is 9. The topological polar surface area (TPSA) is 112 Å². The highest BCUT2D eigenvalue weighted by Crippen LogP contribution is 2.53. The lowest BCUT2D eigenvalue weighted by Crippen LogP contribution is -2.39. The molecule has 0 saturated heterocycles. The Kier molecular flexibility index (Phi) is 8.69. The van der Waals surface area contributed by atoms with Crippen molar-refractivity contribution in [1.29, 1.82) is 5.26 Å². The summed E-state index contributed by atoms with van der Waals surface area (Å²) in [5, 5.41) is 19.1. The number of hydrogen-bond acceptors (Lipinski definition) is 7. The molecule has 0 bridgehead atoms. The van der Waals surface area contributed by atoms with Crippen LogP contribution in [0.5, 0.6) is 0 Å². The minimum absolute atomic E-state index is 0.0158. The number of thiophene rings is 1. The maximum atomic E-state index is 13.3. The van der Waals surface area contributed by atoms with Gasteiger partial charge in [0.05, 0.1) is 18.2 Å². The number of nitrogens with zero attached hydrogens (tertiary/aromatic N) is 2. The van der Waals surface area contributed by atoms with Gasteiger partial charge in [0.2, 0.25) is 0 Å². The zero-order chi connectivity index (χ0) is 28.7. The van der Waals surface area contributed by atoms with Crippen LogP contribution in [0, 0.1) is 23.2 Å². The second-order valence-electron chi connectivity index (χ2n) is 9.75. The third-order valence-corrected chi connectivity index (χ3v) is 8.70. The minimum Gasteiger partial charge on any atom is -0.344 e. The molecule has 1 fully saturated rings. The summed E-state index contributed by atoms with van der Waals surface area (Å²) < 4.78 is 0. The largest absolute Gasteiger partial charge is 0.344 e. The third kappa shape index (κ3) is 6.96.